The van der Waals surface area contributed by atoms with Crippen molar-refractivity contribution in [2.24, 2.45) is 0 Å². The van der Waals surface area contributed by atoms with Crippen molar-refractivity contribution in [1.29, 1.82) is 0 Å². The number of rotatable bonds is 3. The van der Waals surface area contributed by atoms with Crippen LogP contribution in [-0.4, -0.2) is 0 Å². The van der Waals surface area contributed by atoms with Crippen LogP contribution in [0.25, 0.3) is 0 Å². The summed E-state index contributed by atoms with van der Waals surface area (Å²) in [5.41, 5.74) is 4.04. The molecule has 0 amide bonds. The molecule has 0 spiro atoms. The van der Waals surface area contributed by atoms with Gasteiger partial charge in [-0.05, 0) is 34.1 Å². The summed E-state index contributed by atoms with van der Waals surface area (Å²) in [4.78, 5) is 0. The van der Waals surface area contributed by atoms with Gasteiger partial charge in [0.05, 0.1) is 0 Å². The van der Waals surface area contributed by atoms with E-state index in [1.54, 1.807) is 0 Å². The van der Waals surface area contributed by atoms with Crippen LogP contribution in [0.4, 0.5) is 0 Å². The molecular weight excluding hydrogens is 144 g/mol. The molecule has 0 nitrogen and oxygen atoms in total. The van der Waals surface area contributed by atoms with Crippen molar-refractivity contribution >= 4 is 0 Å². The summed E-state index contributed by atoms with van der Waals surface area (Å²) in [5, 5.41) is 0. The third-order valence-electron chi connectivity index (χ3n) is 1.50. The number of hydrogen-bond donors (Lipinski definition) is 0. The SMILES string of the molecule is CC/C=C(C)/C=C(\C)C=C(C)C. The summed E-state index contributed by atoms with van der Waals surface area (Å²) in [6.07, 6.45) is 7.77. The fourth-order valence-electron chi connectivity index (χ4n) is 1.24. The normalized spacial score (nSPS) is 13.1. The van der Waals surface area contributed by atoms with Crippen LogP contribution in [-0.2, 0) is 0 Å². The third kappa shape index (κ3) is 5.96. The molecule has 0 fully saturated rings. The van der Waals surface area contributed by atoms with E-state index < -0.39 is 0 Å². The minimum absolute atomic E-state index is 1.12. The molecule has 0 radical (unpaired) electrons. The summed E-state index contributed by atoms with van der Waals surface area (Å²) in [6, 6.07) is 0. The monoisotopic (exact) mass is 164 g/mol. The molecule has 0 heterocycles. The van der Waals surface area contributed by atoms with Crippen LogP contribution in [0, 0.1) is 0 Å². The standard InChI is InChI=1S/C12H20/c1-6-7-11(4)9-12(5)8-10(2)3/h7-9H,6H2,1-5H3/b11-7+,12-9+. The van der Waals surface area contributed by atoms with E-state index in [0.29, 0.717) is 0 Å². The molecule has 0 aromatic rings. The molecule has 0 aromatic heterocycles. The highest BCUT2D eigenvalue weighted by atomic mass is 13.9. The Morgan fingerprint density at radius 3 is 1.92 bits per heavy atom. The predicted octanol–water partition coefficient (Wildman–Crippen LogP) is 4.26. The van der Waals surface area contributed by atoms with Crippen molar-refractivity contribution in [3.8, 4) is 0 Å². The van der Waals surface area contributed by atoms with Crippen molar-refractivity contribution in [3.05, 3.63) is 34.9 Å². The van der Waals surface area contributed by atoms with Crippen LogP contribution in [0.5, 0.6) is 0 Å². The van der Waals surface area contributed by atoms with Crippen molar-refractivity contribution in [3.63, 3.8) is 0 Å². The Bertz CT molecular complexity index is 210. The molecule has 0 atom stereocenters. The first-order chi connectivity index (χ1) is 5.56. The maximum Gasteiger partial charge on any atom is -0.0374 e. The zero-order valence-electron chi connectivity index (χ0n) is 8.94. The fraction of sp³-hybridized carbons (Fsp3) is 0.500. The quantitative estimate of drug-likeness (QED) is 0.547. The van der Waals surface area contributed by atoms with E-state index in [1.807, 2.05) is 0 Å². The van der Waals surface area contributed by atoms with Crippen LogP contribution in [0.15, 0.2) is 34.9 Å². The molecule has 0 rings (SSSR count). The molecule has 68 valence electrons. The highest BCUT2D eigenvalue weighted by Crippen LogP contribution is 2.06. The highest BCUT2D eigenvalue weighted by molar-refractivity contribution is 5.28. The largest absolute Gasteiger partial charge is 0.0819 e. The van der Waals surface area contributed by atoms with E-state index in [-0.39, 0.29) is 0 Å². The lowest BCUT2D eigenvalue weighted by Crippen LogP contribution is -1.74. The van der Waals surface area contributed by atoms with Crippen molar-refractivity contribution in [2.45, 2.75) is 41.0 Å². The zero-order chi connectivity index (χ0) is 9.56. The van der Waals surface area contributed by atoms with Gasteiger partial charge >= 0.3 is 0 Å². The van der Waals surface area contributed by atoms with E-state index in [1.165, 1.54) is 16.7 Å². The van der Waals surface area contributed by atoms with Crippen molar-refractivity contribution < 1.29 is 0 Å². The van der Waals surface area contributed by atoms with Crippen LogP contribution in [0.1, 0.15) is 41.0 Å². The fourth-order valence-corrected chi connectivity index (χ4v) is 1.24. The molecular formula is C12H20. The Labute approximate surface area is 76.7 Å². The molecule has 0 aliphatic rings. The van der Waals surface area contributed by atoms with E-state index in [4.69, 9.17) is 0 Å². The van der Waals surface area contributed by atoms with Crippen LogP contribution < -0.4 is 0 Å². The van der Waals surface area contributed by atoms with Gasteiger partial charge in [-0.3, -0.25) is 0 Å². The molecule has 0 aromatic carbocycles. The Morgan fingerprint density at radius 2 is 1.50 bits per heavy atom. The Hall–Kier alpha value is -0.780. The minimum Gasteiger partial charge on any atom is -0.0819 e. The van der Waals surface area contributed by atoms with Gasteiger partial charge in [0, 0.05) is 0 Å². The Kier molecular flexibility index (Phi) is 5.44. The maximum atomic E-state index is 2.24. The minimum atomic E-state index is 1.12. The van der Waals surface area contributed by atoms with Gasteiger partial charge < -0.3 is 0 Å². The molecule has 0 heteroatoms. The summed E-state index contributed by atoms with van der Waals surface area (Å²) >= 11 is 0. The van der Waals surface area contributed by atoms with E-state index in [0.717, 1.165) is 6.42 Å². The topological polar surface area (TPSA) is 0 Å². The second-order valence-electron chi connectivity index (χ2n) is 3.47. The first kappa shape index (κ1) is 11.2. The molecule has 0 unspecified atom stereocenters. The van der Waals surface area contributed by atoms with Gasteiger partial charge in [-0.15, -0.1) is 0 Å². The molecule has 0 N–H and O–H groups in total. The average Bonchev–Trinajstić information content (AvgIpc) is 1.84. The van der Waals surface area contributed by atoms with Gasteiger partial charge in [-0.2, -0.15) is 0 Å². The smallest absolute Gasteiger partial charge is 0.0374 e. The summed E-state index contributed by atoms with van der Waals surface area (Å²) < 4.78 is 0. The Balaban J connectivity index is 4.36. The summed E-state index contributed by atoms with van der Waals surface area (Å²) in [6.45, 7) is 10.7. The number of allylic oxidation sites excluding steroid dienone is 6. The van der Waals surface area contributed by atoms with Gasteiger partial charge in [0.15, 0.2) is 0 Å². The molecule has 0 aliphatic heterocycles. The molecule has 0 saturated heterocycles. The zero-order valence-corrected chi connectivity index (χ0v) is 8.94. The van der Waals surface area contributed by atoms with E-state index >= 15 is 0 Å². The summed E-state index contributed by atoms with van der Waals surface area (Å²) in [7, 11) is 0. The number of hydrogen-bond acceptors (Lipinski definition) is 0. The van der Waals surface area contributed by atoms with Crippen LogP contribution in [0.3, 0.4) is 0 Å². The lowest BCUT2D eigenvalue weighted by atomic mass is 10.1. The molecule has 12 heavy (non-hydrogen) atoms. The van der Waals surface area contributed by atoms with Gasteiger partial charge in [-0.25, -0.2) is 0 Å². The van der Waals surface area contributed by atoms with Crippen molar-refractivity contribution in [2.75, 3.05) is 0 Å². The molecule has 0 bridgehead atoms. The maximum absolute atomic E-state index is 2.24. The van der Waals surface area contributed by atoms with Gasteiger partial charge in [0.1, 0.15) is 0 Å². The van der Waals surface area contributed by atoms with Gasteiger partial charge in [0.25, 0.3) is 0 Å². The molecule has 0 aliphatic carbocycles. The second-order valence-corrected chi connectivity index (χ2v) is 3.47. The highest BCUT2D eigenvalue weighted by Gasteiger charge is 1.85. The lowest BCUT2D eigenvalue weighted by Gasteiger charge is -1.95. The lowest BCUT2D eigenvalue weighted by molar-refractivity contribution is 1.19. The predicted molar refractivity (Wildman–Crippen MR) is 57.2 cm³/mol. The van der Waals surface area contributed by atoms with Crippen molar-refractivity contribution in [1.82, 2.24) is 0 Å². The summed E-state index contributed by atoms with van der Waals surface area (Å²) in [5.74, 6) is 0. The first-order valence-electron chi connectivity index (χ1n) is 4.56. The van der Waals surface area contributed by atoms with Crippen LogP contribution >= 0.6 is 0 Å². The first-order valence-corrected chi connectivity index (χ1v) is 4.56. The second kappa shape index (κ2) is 5.82. The third-order valence-corrected chi connectivity index (χ3v) is 1.50. The van der Waals surface area contributed by atoms with Gasteiger partial charge in [-0.1, -0.05) is 41.9 Å². The van der Waals surface area contributed by atoms with E-state index in [2.05, 4.69) is 52.8 Å². The molecule has 0 saturated carbocycles. The Morgan fingerprint density at radius 1 is 0.917 bits per heavy atom. The van der Waals surface area contributed by atoms with Gasteiger partial charge in [0.2, 0.25) is 0 Å². The van der Waals surface area contributed by atoms with E-state index in [9.17, 15) is 0 Å². The average molecular weight is 164 g/mol. The van der Waals surface area contributed by atoms with Crippen LogP contribution in [0.2, 0.25) is 0 Å².